The summed E-state index contributed by atoms with van der Waals surface area (Å²) in [5.41, 5.74) is -1.40. The Morgan fingerprint density at radius 1 is 0.727 bits per heavy atom. The SMILES string of the molecule is CC(C)(CNC(=O)c1cc2ccccc2oc1=O)CNC(=O)c1cc2ccccc2oc1=O. The van der Waals surface area contributed by atoms with Crippen LogP contribution in [0.1, 0.15) is 34.6 Å². The maximum atomic E-state index is 12.6. The molecule has 4 rings (SSSR count). The summed E-state index contributed by atoms with van der Waals surface area (Å²) in [5, 5.41) is 6.71. The molecule has 2 aromatic heterocycles. The molecule has 168 valence electrons. The van der Waals surface area contributed by atoms with Crippen LogP contribution in [0.4, 0.5) is 0 Å². The molecule has 2 N–H and O–H groups in total. The third-order valence-corrected chi connectivity index (χ3v) is 5.23. The summed E-state index contributed by atoms with van der Waals surface area (Å²) in [4.78, 5) is 49.5. The molecular formula is C25H22N2O6. The number of carbonyl (C=O) groups is 2. The van der Waals surface area contributed by atoms with E-state index in [-0.39, 0.29) is 24.2 Å². The zero-order chi connectivity index (χ0) is 23.6. The predicted octanol–water partition coefficient (Wildman–Crippen LogP) is 3.09. The molecule has 2 heterocycles. The van der Waals surface area contributed by atoms with E-state index in [1.54, 1.807) is 48.5 Å². The molecule has 0 radical (unpaired) electrons. The second-order valence-electron chi connectivity index (χ2n) is 8.50. The Balaban J connectivity index is 1.40. The van der Waals surface area contributed by atoms with Crippen molar-refractivity contribution < 1.29 is 18.4 Å². The average Bonchev–Trinajstić information content (AvgIpc) is 2.80. The summed E-state index contributed by atoms with van der Waals surface area (Å²) < 4.78 is 10.4. The van der Waals surface area contributed by atoms with Crippen LogP contribution in [0.25, 0.3) is 21.9 Å². The summed E-state index contributed by atoms with van der Waals surface area (Å²) in [5.74, 6) is -1.13. The van der Waals surface area contributed by atoms with Crippen LogP contribution in [0.2, 0.25) is 0 Å². The van der Waals surface area contributed by atoms with Crippen LogP contribution < -0.4 is 21.9 Å². The van der Waals surface area contributed by atoms with Gasteiger partial charge in [0, 0.05) is 23.9 Å². The summed E-state index contributed by atoms with van der Waals surface area (Å²) in [6, 6.07) is 16.8. The molecule has 0 spiro atoms. The van der Waals surface area contributed by atoms with Crippen molar-refractivity contribution in [3.8, 4) is 0 Å². The molecule has 0 atom stereocenters. The van der Waals surface area contributed by atoms with E-state index in [9.17, 15) is 19.2 Å². The van der Waals surface area contributed by atoms with Gasteiger partial charge in [-0.1, -0.05) is 50.2 Å². The van der Waals surface area contributed by atoms with Crippen molar-refractivity contribution in [2.24, 2.45) is 5.41 Å². The molecule has 0 saturated carbocycles. The molecule has 8 nitrogen and oxygen atoms in total. The quantitative estimate of drug-likeness (QED) is 0.440. The number of carbonyl (C=O) groups excluding carboxylic acids is 2. The van der Waals surface area contributed by atoms with Crippen molar-refractivity contribution in [3.63, 3.8) is 0 Å². The smallest absolute Gasteiger partial charge is 0.349 e. The Kier molecular flexibility index (Phi) is 5.83. The number of hydrogen-bond acceptors (Lipinski definition) is 6. The van der Waals surface area contributed by atoms with Gasteiger partial charge in [0.25, 0.3) is 11.8 Å². The van der Waals surface area contributed by atoms with Crippen molar-refractivity contribution in [1.82, 2.24) is 10.6 Å². The van der Waals surface area contributed by atoms with Crippen LogP contribution in [-0.4, -0.2) is 24.9 Å². The minimum Gasteiger partial charge on any atom is -0.422 e. The minimum absolute atomic E-state index is 0.0951. The number of para-hydroxylation sites is 2. The lowest BCUT2D eigenvalue weighted by atomic mass is 9.93. The van der Waals surface area contributed by atoms with Gasteiger partial charge in [-0.2, -0.15) is 0 Å². The van der Waals surface area contributed by atoms with Gasteiger partial charge >= 0.3 is 11.3 Å². The highest BCUT2D eigenvalue weighted by molar-refractivity contribution is 5.97. The summed E-state index contributed by atoms with van der Waals surface area (Å²) in [6.45, 7) is 4.01. The van der Waals surface area contributed by atoms with E-state index in [1.165, 1.54) is 12.1 Å². The molecule has 4 aromatic rings. The second kappa shape index (κ2) is 8.74. The van der Waals surface area contributed by atoms with Gasteiger partial charge in [-0.3, -0.25) is 9.59 Å². The molecule has 0 bridgehead atoms. The first-order valence-corrected chi connectivity index (χ1v) is 10.4. The van der Waals surface area contributed by atoms with E-state index >= 15 is 0 Å². The fourth-order valence-corrected chi connectivity index (χ4v) is 3.33. The summed E-state index contributed by atoms with van der Waals surface area (Å²) in [7, 11) is 0. The second-order valence-corrected chi connectivity index (χ2v) is 8.50. The van der Waals surface area contributed by atoms with Crippen molar-refractivity contribution >= 4 is 33.8 Å². The highest BCUT2D eigenvalue weighted by Gasteiger charge is 2.23. The number of nitrogens with one attached hydrogen (secondary N) is 2. The van der Waals surface area contributed by atoms with E-state index in [2.05, 4.69) is 10.6 Å². The molecule has 0 aliphatic carbocycles. The van der Waals surface area contributed by atoms with Gasteiger partial charge in [-0.05, 0) is 29.7 Å². The first-order chi connectivity index (χ1) is 15.7. The minimum atomic E-state index is -0.722. The van der Waals surface area contributed by atoms with Crippen LogP contribution in [0.15, 0.2) is 79.1 Å². The molecule has 0 aliphatic rings. The number of hydrogen-bond donors (Lipinski definition) is 2. The first-order valence-electron chi connectivity index (χ1n) is 10.4. The lowest BCUT2D eigenvalue weighted by Crippen LogP contribution is -2.43. The van der Waals surface area contributed by atoms with Gasteiger partial charge in [0.05, 0.1) is 0 Å². The summed E-state index contributed by atoms with van der Waals surface area (Å²) in [6.07, 6.45) is 0. The predicted molar refractivity (Wildman–Crippen MR) is 123 cm³/mol. The summed E-state index contributed by atoms with van der Waals surface area (Å²) >= 11 is 0. The Bertz CT molecular complexity index is 1370. The molecule has 0 fully saturated rings. The third-order valence-electron chi connectivity index (χ3n) is 5.23. The normalized spacial score (nSPS) is 11.5. The Morgan fingerprint density at radius 2 is 1.12 bits per heavy atom. The van der Waals surface area contributed by atoms with Crippen molar-refractivity contribution in [2.45, 2.75) is 13.8 Å². The first kappa shape index (κ1) is 22.0. The lowest BCUT2D eigenvalue weighted by Gasteiger charge is -2.25. The van der Waals surface area contributed by atoms with Crippen molar-refractivity contribution in [1.29, 1.82) is 0 Å². The number of benzene rings is 2. The highest BCUT2D eigenvalue weighted by atomic mass is 16.4. The van der Waals surface area contributed by atoms with E-state index in [1.807, 2.05) is 13.8 Å². The zero-order valence-electron chi connectivity index (χ0n) is 18.1. The Morgan fingerprint density at radius 3 is 1.55 bits per heavy atom. The van der Waals surface area contributed by atoms with Gasteiger partial charge in [-0.15, -0.1) is 0 Å². The van der Waals surface area contributed by atoms with Crippen LogP contribution in [-0.2, 0) is 0 Å². The van der Waals surface area contributed by atoms with E-state index in [4.69, 9.17) is 8.83 Å². The molecule has 0 saturated heterocycles. The number of rotatable bonds is 6. The largest absolute Gasteiger partial charge is 0.422 e. The standard InChI is InChI=1S/C25H22N2O6/c1-25(2,13-26-21(28)17-11-15-7-3-5-9-19(15)32-23(17)30)14-27-22(29)18-12-16-8-4-6-10-20(16)33-24(18)31/h3-12H,13-14H2,1-2H3,(H,26,28)(H,27,29). The third kappa shape index (κ3) is 4.85. The van der Waals surface area contributed by atoms with Gasteiger partial charge in [-0.25, -0.2) is 9.59 Å². The zero-order valence-corrected chi connectivity index (χ0v) is 18.1. The van der Waals surface area contributed by atoms with E-state index < -0.39 is 28.5 Å². The number of amides is 2. The van der Waals surface area contributed by atoms with Crippen molar-refractivity contribution in [2.75, 3.05) is 13.1 Å². The van der Waals surface area contributed by atoms with Crippen LogP contribution in [0, 0.1) is 5.41 Å². The molecular weight excluding hydrogens is 424 g/mol. The monoisotopic (exact) mass is 446 g/mol. The van der Waals surface area contributed by atoms with Gasteiger partial charge in [0.2, 0.25) is 0 Å². The fraction of sp³-hybridized carbons (Fsp3) is 0.200. The molecule has 8 heteroatoms. The Hall–Kier alpha value is -4.20. The maximum absolute atomic E-state index is 12.6. The topological polar surface area (TPSA) is 119 Å². The highest BCUT2D eigenvalue weighted by Crippen LogP contribution is 2.16. The maximum Gasteiger partial charge on any atom is 0.349 e. The average molecular weight is 446 g/mol. The van der Waals surface area contributed by atoms with E-state index in [0.29, 0.717) is 21.9 Å². The van der Waals surface area contributed by atoms with E-state index in [0.717, 1.165) is 0 Å². The number of fused-ring (bicyclic) bond motifs is 2. The van der Waals surface area contributed by atoms with Gasteiger partial charge < -0.3 is 19.5 Å². The molecule has 2 amide bonds. The molecule has 33 heavy (non-hydrogen) atoms. The van der Waals surface area contributed by atoms with Crippen LogP contribution in [0.3, 0.4) is 0 Å². The molecule has 0 aliphatic heterocycles. The molecule has 0 unspecified atom stereocenters. The van der Waals surface area contributed by atoms with Crippen LogP contribution in [0.5, 0.6) is 0 Å². The van der Waals surface area contributed by atoms with Crippen LogP contribution >= 0.6 is 0 Å². The fourth-order valence-electron chi connectivity index (χ4n) is 3.33. The van der Waals surface area contributed by atoms with Gasteiger partial charge in [0.1, 0.15) is 22.3 Å². The lowest BCUT2D eigenvalue weighted by molar-refractivity contribution is 0.0916. The van der Waals surface area contributed by atoms with Gasteiger partial charge in [0.15, 0.2) is 0 Å². The Labute approximate surface area is 188 Å². The van der Waals surface area contributed by atoms with Crippen molar-refractivity contribution in [3.05, 3.63) is 92.6 Å². The molecule has 2 aromatic carbocycles.